The van der Waals surface area contributed by atoms with Crippen molar-refractivity contribution in [2.75, 3.05) is 12.0 Å². The summed E-state index contributed by atoms with van der Waals surface area (Å²) in [4.78, 5) is 15.0. The predicted octanol–water partition coefficient (Wildman–Crippen LogP) is 2.31. The van der Waals surface area contributed by atoms with E-state index in [0.717, 1.165) is 11.3 Å². The van der Waals surface area contributed by atoms with Crippen LogP contribution in [0, 0.1) is 0 Å². The Labute approximate surface area is 99.6 Å². The minimum atomic E-state index is -0.860. The molecule has 86 valence electrons. The van der Waals surface area contributed by atoms with Gasteiger partial charge in [0.2, 0.25) is 0 Å². The summed E-state index contributed by atoms with van der Waals surface area (Å²) >= 11 is 1.63. The van der Waals surface area contributed by atoms with Crippen LogP contribution in [0.1, 0.15) is 12.0 Å². The van der Waals surface area contributed by atoms with Crippen LogP contribution in [0.5, 0.6) is 0 Å². The van der Waals surface area contributed by atoms with Gasteiger partial charge in [-0.3, -0.25) is 4.99 Å². The third-order valence-corrected chi connectivity index (χ3v) is 2.73. The Morgan fingerprint density at radius 3 is 2.75 bits per heavy atom. The molecule has 4 heteroatoms. The number of rotatable bonds is 6. The number of benzene rings is 1. The van der Waals surface area contributed by atoms with Crippen molar-refractivity contribution in [1.82, 2.24) is 0 Å². The Kier molecular flexibility index (Phi) is 5.64. The number of carboxylic acids is 1. The van der Waals surface area contributed by atoms with Crippen molar-refractivity contribution in [3.63, 3.8) is 0 Å². The smallest absolute Gasteiger partial charge is 0.328 e. The van der Waals surface area contributed by atoms with Gasteiger partial charge in [0, 0.05) is 6.21 Å². The lowest BCUT2D eigenvalue weighted by molar-refractivity contribution is -0.138. The second kappa shape index (κ2) is 7.06. The van der Waals surface area contributed by atoms with Crippen LogP contribution in [0.25, 0.3) is 0 Å². The van der Waals surface area contributed by atoms with Crippen molar-refractivity contribution in [2.24, 2.45) is 4.99 Å². The van der Waals surface area contributed by atoms with E-state index in [-0.39, 0.29) is 0 Å². The lowest BCUT2D eigenvalue weighted by atomic mass is 10.2. The molecular weight excluding hydrogens is 222 g/mol. The first-order chi connectivity index (χ1) is 7.74. The van der Waals surface area contributed by atoms with Gasteiger partial charge in [0.05, 0.1) is 0 Å². The molecule has 0 aromatic heterocycles. The molecule has 3 nitrogen and oxygen atoms in total. The molecule has 0 saturated carbocycles. The summed E-state index contributed by atoms with van der Waals surface area (Å²) in [5.41, 5.74) is 0.929. The first kappa shape index (κ1) is 12.8. The molecule has 0 heterocycles. The van der Waals surface area contributed by atoms with Crippen molar-refractivity contribution < 1.29 is 9.90 Å². The SMILES string of the molecule is CSCC[C@H](N=Cc1ccccc1)C(=O)O. The van der Waals surface area contributed by atoms with Crippen LogP contribution in [0.2, 0.25) is 0 Å². The molecule has 1 rings (SSSR count). The molecule has 1 atom stereocenters. The average Bonchev–Trinajstić information content (AvgIpc) is 2.30. The predicted molar refractivity (Wildman–Crippen MR) is 68.5 cm³/mol. The number of carbonyl (C=O) groups is 1. The summed E-state index contributed by atoms with van der Waals surface area (Å²) in [7, 11) is 0. The van der Waals surface area contributed by atoms with Crippen LogP contribution in [-0.4, -0.2) is 35.3 Å². The van der Waals surface area contributed by atoms with E-state index in [1.165, 1.54) is 0 Å². The van der Waals surface area contributed by atoms with Crippen molar-refractivity contribution in [3.05, 3.63) is 35.9 Å². The molecule has 0 unspecified atom stereocenters. The van der Waals surface area contributed by atoms with Gasteiger partial charge in [-0.05, 0) is 24.0 Å². The second-order valence-electron chi connectivity index (χ2n) is 3.32. The van der Waals surface area contributed by atoms with Gasteiger partial charge in [-0.25, -0.2) is 4.79 Å². The van der Waals surface area contributed by atoms with Gasteiger partial charge in [-0.15, -0.1) is 0 Å². The minimum absolute atomic E-state index is 0.569. The largest absolute Gasteiger partial charge is 0.480 e. The van der Waals surface area contributed by atoms with Gasteiger partial charge in [-0.1, -0.05) is 30.3 Å². The van der Waals surface area contributed by atoms with Crippen molar-refractivity contribution in [1.29, 1.82) is 0 Å². The van der Waals surface area contributed by atoms with Gasteiger partial charge < -0.3 is 5.11 Å². The molecule has 0 amide bonds. The van der Waals surface area contributed by atoms with Gasteiger partial charge >= 0.3 is 5.97 Å². The lowest BCUT2D eigenvalue weighted by Crippen LogP contribution is -2.18. The molecule has 1 aromatic rings. The maximum Gasteiger partial charge on any atom is 0.328 e. The van der Waals surface area contributed by atoms with E-state index in [4.69, 9.17) is 5.11 Å². The maximum atomic E-state index is 10.9. The molecule has 0 bridgehead atoms. The second-order valence-corrected chi connectivity index (χ2v) is 4.31. The van der Waals surface area contributed by atoms with E-state index in [1.54, 1.807) is 18.0 Å². The molecule has 0 saturated heterocycles. The van der Waals surface area contributed by atoms with Crippen LogP contribution < -0.4 is 0 Å². The summed E-state index contributed by atoms with van der Waals surface area (Å²) < 4.78 is 0. The Bertz CT molecular complexity index is 351. The fourth-order valence-electron chi connectivity index (χ4n) is 1.21. The van der Waals surface area contributed by atoms with Crippen molar-refractivity contribution >= 4 is 23.9 Å². The normalized spacial score (nSPS) is 12.8. The molecule has 0 aliphatic carbocycles. The van der Waals surface area contributed by atoms with E-state index in [9.17, 15) is 4.79 Å². The molecule has 16 heavy (non-hydrogen) atoms. The molecule has 1 N–H and O–H groups in total. The van der Waals surface area contributed by atoms with Gasteiger partial charge in [0.25, 0.3) is 0 Å². The third-order valence-electron chi connectivity index (χ3n) is 2.08. The molecule has 0 spiro atoms. The molecule has 1 aromatic carbocycles. The highest BCUT2D eigenvalue weighted by Gasteiger charge is 2.13. The van der Waals surface area contributed by atoms with Crippen LogP contribution >= 0.6 is 11.8 Å². The zero-order valence-electron chi connectivity index (χ0n) is 9.17. The summed E-state index contributed by atoms with van der Waals surface area (Å²) in [5, 5.41) is 8.95. The Balaban J connectivity index is 2.61. The first-order valence-electron chi connectivity index (χ1n) is 5.04. The highest BCUT2D eigenvalue weighted by molar-refractivity contribution is 7.98. The Morgan fingerprint density at radius 1 is 1.50 bits per heavy atom. The maximum absolute atomic E-state index is 10.9. The van der Waals surface area contributed by atoms with E-state index in [2.05, 4.69) is 4.99 Å². The molecule has 0 radical (unpaired) electrons. The van der Waals surface area contributed by atoms with E-state index < -0.39 is 12.0 Å². The summed E-state index contributed by atoms with van der Waals surface area (Å²) in [5.74, 6) is -0.0513. The number of thioether (sulfide) groups is 1. The number of nitrogens with zero attached hydrogens (tertiary/aromatic N) is 1. The zero-order chi connectivity index (χ0) is 11.8. The first-order valence-corrected chi connectivity index (χ1v) is 6.43. The number of hydrogen-bond donors (Lipinski definition) is 1. The van der Waals surface area contributed by atoms with Crippen LogP contribution in [0.3, 0.4) is 0 Å². The summed E-state index contributed by atoms with van der Waals surface area (Å²) in [6.45, 7) is 0. The van der Waals surface area contributed by atoms with Gasteiger partial charge in [0.1, 0.15) is 6.04 Å². The molecule has 0 fully saturated rings. The number of carboxylic acid groups (broad SMARTS) is 1. The lowest BCUT2D eigenvalue weighted by Gasteiger charge is -2.05. The zero-order valence-corrected chi connectivity index (χ0v) is 9.98. The summed E-state index contributed by atoms with van der Waals surface area (Å²) in [6.07, 6.45) is 4.15. The Hall–Kier alpha value is -1.29. The number of aliphatic carboxylic acids is 1. The molecule has 0 aliphatic rings. The van der Waals surface area contributed by atoms with Crippen molar-refractivity contribution in [2.45, 2.75) is 12.5 Å². The quantitative estimate of drug-likeness (QED) is 0.772. The highest BCUT2D eigenvalue weighted by atomic mass is 32.2. The number of hydrogen-bond acceptors (Lipinski definition) is 3. The number of aliphatic imine (C=N–C) groups is 1. The fourth-order valence-corrected chi connectivity index (χ4v) is 1.67. The third kappa shape index (κ3) is 4.49. The van der Waals surface area contributed by atoms with E-state index >= 15 is 0 Å². The van der Waals surface area contributed by atoms with E-state index in [1.807, 2.05) is 36.6 Å². The van der Waals surface area contributed by atoms with Crippen LogP contribution in [0.15, 0.2) is 35.3 Å². The Morgan fingerprint density at radius 2 is 2.19 bits per heavy atom. The topological polar surface area (TPSA) is 49.7 Å². The highest BCUT2D eigenvalue weighted by Crippen LogP contribution is 2.05. The fraction of sp³-hybridized carbons (Fsp3) is 0.333. The standard InChI is InChI=1S/C12H15NO2S/c1-16-8-7-11(12(14)15)13-9-10-5-3-2-4-6-10/h2-6,9,11H,7-8H2,1H3,(H,14,15)/t11-/m0/s1. The molecule has 0 aliphatic heterocycles. The summed E-state index contributed by atoms with van der Waals surface area (Å²) in [6, 6.07) is 8.89. The van der Waals surface area contributed by atoms with Crippen LogP contribution in [-0.2, 0) is 4.79 Å². The van der Waals surface area contributed by atoms with E-state index in [0.29, 0.717) is 6.42 Å². The monoisotopic (exact) mass is 237 g/mol. The minimum Gasteiger partial charge on any atom is -0.480 e. The molecular formula is C12H15NO2S. The van der Waals surface area contributed by atoms with Crippen LogP contribution in [0.4, 0.5) is 0 Å². The van der Waals surface area contributed by atoms with Gasteiger partial charge in [0.15, 0.2) is 0 Å². The van der Waals surface area contributed by atoms with Gasteiger partial charge in [-0.2, -0.15) is 11.8 Å². The van der Waals surface area contributed by atoms with Crippen molar-refractivity contribution in [3.8, 4) is 0 Å². The average molecular weight is 237 g/mol.